The van der Waals surface area contributed by atoms with Crippen LogP contribution in [0, 0.1) is 0 Å². The maximum atomic E-state index is 13.1. The van der Waals surface area contributed by atoms with Crippen LogP contribution in [0.3, 0.4) is 0 Å². The number of aromatic nitrogens is 1. The molecule has 0 radical (unpaired) electrons. The number of ether oxygens (including phenoxy) is 1. The Labute approximate surface area is 164 Å². The molecule has 0 atom stereocenters. The molecule has 1 aromatic heterocycles. The number of hydrogen-bond donors (Lipinski definition) is 3. The largest absolute Gasteiger partial charge is 0.471 e. The number of hydrogen-bond acceptors (Lipinski definition) is 3. The number of aromatic amines is 1. The third kappa shape index (κ3) is 2.73. The summed E-state index contributed by atoms with van der Waals surface area (Å²) in [7, 11) is 0. The highest BCUT2D eigenvalue weighted by Crippen LogP contribution is 2.50. The fourth-order valence-electron chi connectivity index (χ4n) is 3.91. The highest BCUT2D eigenvalue weighted by atomic mass is 16.5. The van der Waals surface area contributed by atoms with Gasteiger partial charge in [0, 0.05) is 27.7 Å². The van der Waals surface area contributed by atoms with Gasteiger partial charge in [-0.15, -0.1) is 0 Å². The number of benzene rings is 2. The van der Waals surface area contributed by atoms with Gasteiger partial charge in [-0.25, -0.2) is 0 Å². The minimum absolute atomic E-state index is 0.0596. The first-order chi connectivity index (χ1) is 13.3. The molecule has 144 valence electrons. The number of carbonyl (C=O) groups excluding carboxylic acids is 1. The van der Waals surface area contributed by atoms with Crippen molar-refractivity contribution in [3.05, 3.63) is 53.7 Å². The van der Waals surface area contributed by atoms with Crippen molar-refractivity contribution in [3.8, 4) is 5.75 Å². The predicted molar refractivity (Wildman–Crippen MR) is 112 cm³/mol. The lowest BCUT2D eigenvalue weighted by Gasteiger charge is -2.16. The van der Waals surface area contributed by atoms with Gasteiger partial charge in [0.2, 0.25) is 5.91 Å². The van der Waals surface area contributed by atoms with Crippen LogP contribution in [0.15, 0.2) is 42.5 Å². The Kier molecular flexibility index (Phi) is 3.54. The molecule has 1 aliphatic carbocycles. The molecule has 5 nitrogen and oxygen atoms in total. The van der Waals surface area contributed by atoms with Crippen LogP contribution in [0.1, 0.15) is 44.9 Å². The van der Waals surface area contributed by atoms with Gasteiger partial charge in [-0.05, 0) is 54.8 Å². The van der Waals surface area contributed by atoms with Crippen LogP contribution in [0.25, 0.3) is 10.9 Å². The quantitative estimate of drug-likeness (QED) is 0.610. The molecule has 1 fully saturated rings. The number of carbonyl (C=O) groups is 1. The molecule has 0 spiro atoms. The van der Waals surface area contributed by atoms with Gasteiger partial charge in [-0.1, -0.05) is 26.8 Å². The lowest BCUT2D eigenvalue weighted by Crippen LogP contribution is -2.27. The monoisotopic (exact) mass is 375 g/mol. The second-order valence-electron chi connectivity index (χ2n) is 8.95. The van der Waals surface area contributed by atoms with E-state index >= 15 is 0 Å². The third-order valence-electron chi connectivity index (χ3n) is 5.90. The summed E-state index contributed by atoms with van der Waals surface area (Å²) in [5, 5.41) is 7.43. The van der Waals surface area contributed by atoms with Crippen molar-refractivity contribution in [2.45, 2.75) is 44.4 Å². The first-order valence-corrected chi connectivity index (χ1v) is 9.81. The third-order valence-corrected chi connectivity index (χ3v) is 5.90. The van der Waals surface area contributed by atoms with E-state index in [0.717, 1.165) is 46.4 Å². The minimum atomic E-state index is -0.440. The van der Waals surface area contributed by atoms with Crippen LogP contribution in [0.2, 0.25) is 0 Å². The van der Waals surface area contributed by atoms with Crippen LogP contribution in [0.5, 0.6) is 5.75 Å². The number of anilines is 2. The summed E-state index contributed by atoms with van der Waals surface area (Å²) in [6, 6.07) is 14.3. The maximum Gasteiger partial charge on any atom is 0.235 e. The molecule has 2 aliphatic rings. The van der Waals surface area contributed by atoms with Gasteiger partial charge >= 0.3 is 0 Å². The number of fused-ring (bicyclic) bond motifs is 2. The summed E-state index contributed by atoms with van der Waals surface area (Å²) in [5.74, 6) is 0.893. The van der Waals surface area contributed by atoms with Crippen molar-refractivity contribution in [1.82, 2.24) is 4.98 Å². The fraction of sp³-hybridized carbons (Fsp3) is 0.348. The second kappa shape index (κ2) is 5.77. The summed E-state index contributed by atoms with van der Waals surface area (Å²) >= 11 is 0. The van der Waals surface area contributed by atoms with Gasteiger partial charge in [-0.3, -0.25) is 4.79 Å². The van der Waals surface area contributed by atoms with Gasteiger partial charge in [0.25, 0.3) is 0 Å². The Morgan fingerprint density at radius 2 is 1.93 bits per heavy atom. The zero-order valence-corrected chi connectivity index (χ0v) is 16.5. The molecular formula is C23H25N3O2. The van der Waals surface area contributed by atoms with E-state index in [-0.39, 0.29) is 11.3 Å². The number of rotatable bonds is 3. The van der Waals surface area contributed by atoms with Crippen molar-refractivity contribution in [2.24, 2.45) is 0 Å². The minimum Gasteiger partial charge on any atom is -0.471 e. The SMILES string of the molecule is CC(C)(C)c1cc2cc(NC(=O)C3(c4ccc5c(c4)OCN5)CC3)ccc2[nH]1. The Bertz CT molecular complexity index is 1090. The van der Waals surface area contributed by atoms with Gasteiger partial charge in [0.15, 0.2) is 6.73 Å². The van der Waals surface area contributed by atoms with E-state index in [1.807, 2.05) is 36.4 Å². The van der Waals surface area contributed by atoms with Crippen LogP contribution >= 0.6 is 0 Å². The van der Waals surface area contributed by atoms with Gasteiger partial charge in [0.05, 0.1) is 11.1 Å². The highest BCUT2D eigenvalue weighted by Gasteiger charge is 2.51. The standard InChI is InChI=1S/C23H25N3O2/c1-22(2,3)20-11-14-10-16(5-7-17(14)26-20)25-21(27)23(8-9-23)15-4-6-18-19(12-15)28-13-24-18/h4-7,10-12,24,26H,8-9,13H2,1-3H3,(H,25,27). The number of nitrogens with one attached hydrogen (secondary N) is 3. The Morgan fingerprint density at radius 3 is 2.68 bits per heavy atom. The van der Waals surface area contributed by atoms with E-state index in [9.17, 15) is 4.79 Å². The summed E-state index contributed by atoms with van der Waals surface area (Å²) < 4.78 is 5.59. The molecular weight excluding hydrogens is 350 g/mol. The highest BCUT2D eigenvalue weighted by molar-refractivity contribution is 6.02. The van der Waals surface area contributed by atoms with Crippen molar-refractivity contribution in [3.63, 3.8) is 0 Å². The van der Waals surface area contributed by atoms with Crippen LogP contribution < -0.4 is 15.4 Å². The number of H-pyrrole nitrogens is 1. The van der Waals surface area contributed by atoms with Crippen LogP contribution in [0.4, 0.5) is 11.4 Å². The lowest BCUT2D eigenvalue weighted by atomic mass is 9.92. The molecule has 1 saturated carbocycles. The van der Waals surface area contributed by atoms with Gasteiger partial charge in [-0.2, -0.15) is 0 Å². The Hall–Kier alpha value is -2.95. The topological polar surface area (TPSA) is 66.2 Å². The summed E-state index contributed by atoms with van der Waals surface area (Å²) in [6.45, 7) is 7.05. The second-order valence-corrected chi connectivity index (χ2v) is 8.95. The first-order valence-electron chi connectivity index (χ1n) is 9.81. The maximum absolute atomic E-state index is 13.1. The van der Waals surface area contributed by atoms with Gasteiger partial charge < -0.3 is 20.4 Å². The van der Waals surface area contributed by atoms with E-state index in [4.69, 9.17) is 4.74 Å². The zero-order chi connectivity index (χ0) is 19.5. The van der Waals surface area contributed by atoms with E-state index in [2.05, 4.69) is 42.5 Å². The van der Waals surface area contributed by atoms with Crippen molar-refractivity contribution < 1.29 is 9.53 Å². The smallest absolute Gasteiger partial charge is 0.235 e. The van der Waals surface area contributed by atoms with Crippen LogP contribution in [-0.4, -0.2) is 17.6 Å². The molecule has 0 bridgehead atoms. The van der Waals surface area contributed by atoms with E-state index in [0.29, 0.717) is 6.73 Å². The molecule has 2 aromatic carbocycles. The Morgan fingerprint density at radius 1 is 1.11 bits per heavy atom. The molecule has 0 unspecified atom stereocenters. The first kappa shape index (κ1) is 17.2. The summed E-state index contributed by atoms with van der Waals surface area (Å²) in [6.07, 6.45) is 1.73. The molecule has 5 heteroatoms. The molecule has 3 aromatic rings. The average molecular weight is 375 g/mol. The molecule has 0 saturated heterocycles. The van der Waals surface area contributed by atoms with Crippen molar-refractivity contribution in [1.29, 1.82) is 0 Å². The van der Waals surface area contributed by atoms with Crippen molar-refractivity contribution in [2.75, 3.05) is 17.4 Å². The molecule has 5 rings (SSSR count). The van der Waals surface area contributed by atoms with Crippen LogP contribution in [-0.2, 0) is 15.6 Å². The number of amides is 1. The molecule has 1 aliphatic heterocycles. The molecule has 2 heterocycles. The van der Waals surface area contributed by atoms with E-state index in [1.165, 1.54) is 5.69 Å². The molecule has 28 heavy (non-hydrogen) atoms. The fourth-order valence-corrected chi connectivity index (χ4v) is 3.91. The molecule has 1 amide bonds. The molecule has 3 N–H and O–H groups in total. The Balaban J connectivity index is 1.40. The van der Waals surface area contributed by atoms with E-state index in [1.54, 1.807) is 0 Å². The lowest BCUT2D eigenvalue weighted by molar-refractivity contribution is -0.118. The zero-order valence-electron chi connectivity index (χ0n) is 16.5. The van der Waals surface area contributed by atoms with Crippen molar-refractivity contribution >= 4 is 28.2 Å². The summed E-state index contributed by atoms with van der Waals surface area (Å²) in [4.78, 5) is 16.6. The van der Waals surface area contributed by atoms with Gasteiger partial charge in [0.1, 0.15) is 5.75 Å². The predicted octanol–water partition coefficient (Wildman–Crippen LogP) is 4.90. The summed E-state index contributed by atoms with van der Waals surface area (Å²) in [5.41, 5.74) is 4.76. The average Bonchev–Trinajstić information content (AvgIpc) is 3.13. The van der Waals surface area contributed by atoms with E-state index < -0.39 is 5.41 Å². The normalized spacial score (nSPS) is 17.0.